The van der Waals surface area contributed by atoms with Crippen LogP contribution in [0.5, 0.6) is 0 Å². The number of nitriles is 1. The molecule has 0 fully saturated rings. The first-order chi connectivity index (χ1) is 9.51. The van der Waals surface area contributed by atoms with E-state index in [1.807, 2.05) is 19.1 Å². The van der Waals surface area contributed by atoms with Gasteiger partial charge in [0.1, 0.15) is 0 Å². The summed E-state index contributed by atoms with van der Waals surface area (Å²) in [6.07, 6.45) is 0. The third-order valence-corrected chi connectivity index (χ3v) is 4.26. The predicted molar refractivity (Wildman–Crippen MR) is 81.1 cm³/mol. The van der Waals surface area contributed by atoms with Gasteiger partial charge in [-0.3, -0.25) is 0 Å². The normalized spacial score (nSPS) is 10.1. The minimum atomic E-state index is -0.953. The van der Waals surface area contributed by atoms with E-state index in [1.165, 1.54) is 11.8 Å². The fraction of sp³-hybridized carbons (Fsp3) is 0.0667. The number of aryl methyl sites for hydroxylation is 1. The van der Waals surface area contributed by atoms with Crippen molar-refractivity contribution in [1.29, 1.82) is 5.26 Å². The van der Waals surface area contributed by atoms with Gasteiger partial charge < -0.3 is 5.11 Å². The van der Waals surface area contributed by atoms with Crippen molar-refractivity contribution in [2.75, 3.05) is 0 Å². The number of carboxylic acid groups (broad SMARTS) is 1. The van der Waals surface area contributed by atoms with E-state index in [1.54, 1.807) is 24.3 Å². The zero-order chi connectivity index (χ0) is 14.7. The second kappa shape index (κ2) is 6.12. The molecule has 0 radical (unpaired) electrons. The lowest BCUT2D eigenvalue weighted by Crippen LogP contribution is -1.98. The second-order valence-corrected chi connectivity index (χ2v) is 6.17. The summed E-state index contributed by atoms with van der Waals surface area (Å²) in [6.45, 7) is 1.86. The van der Waals surface area contributed by atoms with Crippen LogP contribution in [0.15, 0.2) is 50.7 Å². The number of rotatable bonds is 3. The molecule has 0 aliphatic carbocycles. The first kappa shape index (κ1) is 14.6. The van der Waals surface area contributed by atoms with Crippen molar-refractivity contribution in [3.05, 3.63) is 57.6 Å². The summed E-state index contributed by atoms with van der Waals surface area (Å²) in [4.78, 5) is 12.8. The first-order valence-corrected chi connectivity index (χ1v) is 7.33. The highest BCUT2D eigenvalue weighted by Gasteiger charge is 2.12. The molecule has 100 valence electrons. The van der Waals surface area contributed by atoms with Crippen LogP contribution in [0.3, 0.4) is 0 Å². The number of aromatic carboxylic acids is 1. The predicted octanol–water partition coefficient (Wildman–Crippen LogP) is 4.48. The molecule has 5 heteroatoms. The van der Waals surface area contributed by atoms with Gasteiger partial charge in [0.15, 0.2) is 0 Å². The lowest BCUT2D eigenvalue weighted by atomic mass is 10.1. The summed E-state index contributed by atoms with van der Waals surface area (Å²) in [6, 6.07) is 12.6. The molecule has 0 spiro atoms. The third-order valence-electron chi connectivity index (χ3n) is 2.72. The number of carboxylic acids is 1. The van der Waals surface area contributed by atoms with Gasteiger partial charge in [0, 0.05) is 14.3 Å². The molecule has 2 aromatic carbocycles. The molecule has 0 saturated carbocycles. The molecule has 0 unspecified atom stereocenters. The summed E-state index contributed by atoms with van der Waals surface area (Å²) in [5, 5.41) is 18.1. The molecule has 0 bridgehead atoms. The Bertz CT molecular complexity index is 722. The zero-order valence-electron chi connectivity index (χ0n) is 10.6. The number of benzene rings is 2. The number of halogens is 1. The van der Waals surface area contributed by atoms with Crippen LogP contribution in [-0.2, 0) is 0 Å². The van der Waals surface area contributed by atoms with Crippen molar-refractivity contribution in [2.24, 2.45) is 0 Å². The van der Waals surface area contributed by atoms with E-state index in [9.17, 15) is 9.90 Å². The van der Waals surface area contributed by atoms with E-state index in [0.29, 0.717) is 10.5 Å². The highest BCUT2D eigenvalue weighted by Crippen LogP contribution is 2.33. The highest BCUT2D eigenvalue weighted by atomic mass is 79.9. The van der Waals surface area contributed by atoms with E-state index in [0.717, 1.165) is 14.9 Å². The van der Waals surface area contributed by atoms with E-state index in [-0.39, 0.29) is 5.56 Å². The molecule has 0 amide bonds. The molecule has 0 aliphatic rings. The Hall–Kier alpha value is -1.77. The Balaban J connectivity index is 2.39. The molecule has 20 heavy (non-hydrogen) atoms. The van der Waals surface area contributed by atoms with Gasteiger partial charge in [-0.05, 0) is 48.9 Å². The van der Waals surface area contributed by atoms with Gasteiger partial charge in [0.2, 0.25) is 0 Å². The van der Waals surface area contributed by atoms with Crippen molar-refractivity contribution in [3.8, 4) is 6.07 Å². The maximum atomic E-state index is 11.2. The van der Waals surface area contributed by atoms with Gasteiger partial charge in [0.05, 0.1) is 17.2 Å². The van der Waals surface area contributed by atoms with E-state index in [4.69, 9.17) is 5.26 Å². The summed E-state index contributed by atoms with van der Waals surface area (Å²) in [5.41, 5.74) is 1.77. The van der Waals surface area contributed by atoms with E-state index in [2.05, 4.69) is 22.0 Å². The van der Waals surface area contributed by atoms with Crippen molar-refractivity contribution >= 4 is 33.7 Å². The van der Waals surface area contributed by atoms with Crippen LogP contribution in [0.1, 0.15) is 21.5 Å². The largest absolute Gasteiger partial charge is 0.478 e. The van der Waals surface area contributed by atoms with Crippen LogP contribution < -0.4 is 0 Å². The third kappa shape index (κ3) is 3.21. The molecule has 3 nitrogen and oxygen atoms in total. The SMILES string of the molecule is Cc1cc(Sc2cc(Br)ccc2C(=O)O)ccc1C#N. The average molecular weight is 348 g/mol. The minimum absolute atomic E-state index is 0.264. The molecular weight excluding hydrogens is 338 g/mol. The molecule has 0 atom stereocenters. The summed E-state index contributed by atoms with van der Waals surface area (Å²) >= 11 is 4.72. The lowest BCUT2D eigenvalue weighted by molar-refractivity contribution is 0.0693. The van der Waals surface area contributed by atoms with Gasteiger partial charge in [-0.2, -0.15) is 5.26 Å². The molecule has 2 aromatic rings. The van der Waals surface area contributed by atoms with Gasteiger partial charge in [-0.15, -0.1) is 0 Å². The Morgan fingerprint density at radius 3 is 2.65 bits per heavy atom. The van der Waals surface area contributed by atoms with Crippen molar-refractivity contribution in [2.45, 2.75) is 16.7 Å². The summed E-state index contributed by atoms with van der Waals surface area (Å²) < 4.78 is 0.829. The lowest BCUT2D eigenvalue weighted by Gasteiger charge is -2.08. The fourth-order valence-electron chi connectivity index (χ4n) is 1.71. The summed E-state index contributed by atoms with van der Waals surface area (Å²) in [5.74, 6) is -0.953. The van der Waals surface area contributed by atoms with Gasteiger partial charge in [-0.1, -0.05) is 27.7 Å². The van der Waals surface area contributed by atoms with E-state index >= 15 is 0 Å². The molecule has 0 heterocycles. The Morgan fingerprint density at radius 2 is 2.05 bits per heavy atom. The smallest absolute Gasteiger partial charge is 0.336 e. The van der Waals surface area contributed by atoms with Crippen LogP contribution >= 0.6 is 27.7 Å². The summed E-state index contributed by atoms with van der Waals surface area (Å²) in [7, 11) is 0. The monoisotopic (exact) mass is 347 g/mol. The maximum Gasteiger partial charge on any atom is 0.336 e. The molecule has 0 aliphatic heterocycles. The molecule has 1 N–H and O–H groups in total. The van der Waals surface area contributed by atoms with Crippen LogP contribution in [0.25, 0.3) is 0 Å². The highest BCUT2D eigenvalue weighted by molar-refractivity contribution is 9.10. The van der Waals surface area contributed by atoms with Crippen molar-refractivity contribution in [1.82, 2.24) is 0 Å². The number of hydrogen-bond donors (Lipinski definition) is 1. The maximum absolute atomic E-state index is 11.2. The van der Waals surface area contributed by atoms with Gasteiger partial charge in [-0.25, -0.2) is 4.79 Å². The number of hydrogen-bond acceptors (Lipinski definition) is 3. The second-order valence-electron chi connectivity index (χ2n) is 4.14. The molecule has 0 aromatic heterocycles. The Kier molecular flexibility index (Phi) is 4.48. The van der Waals surface area contributed by atoms with Crippen LogP contribution in [0, 0.1) is 18.3 Å². The molecule has 0 saturated heterocycles. The average Bonchev–Trinajstić information content (AvgIpc) is 2.38. The van der Waals surface area contributed by atoms with Crippen LogP contribution in [-0.4, -0.2) is 11.1 Å². The fourth-order valence-corrected chi connectivity index (χ4v) is 3.30. The van der Waals surface area contributed by atoms with Gasteiger partial charge in [0.25, 0.3) is 0 Å². The topological polar surface area (TPSA) is 61.1 Å². The van der Waals surface area contributed by atoms with Crippen molar-refractivity contribution < 1.29 is 9.90 Å². The zero-order valence-corrected chi connectivity index (χ0v) is 13.0. The number of nitrogens with zero attached hydrogens (tertiary/aromatic N) is 1. The molecule has 2 rings (SSSR count). The first-order valence-electron chi connectivity index (χ1n) is 5.72. The Labute approximate surface area is 129 Å². The quantitative estimate of drug-likeness (QED) is 0.889. The van der Waals surface area contributed by atoms with Crippen LogP contribution in [0.4, 0.5) is 0 Å². The molecular formula is C15H10BrNO2S. The van der Waals surface area contributed by atoms with Gasteiger partial charge >= 0.3 is 5.97 Å². The van der Waals surface area contributed by atoms with Crippen LogP contribution in [0.2, 0.25) is 0 Å². The van der Waals surface area contributed by atoms with E-state index < -0.39 is 5.97 Å². The number of carbonyl (C=O) groups is 1. The Morgan fingerprint density at radius 1 is 1.30 bits per heavy atom. The minimum Gasteiger partial charge on any atom is -0.478 e. The standard InChI is InChI=1S/C15H10BrNO2S/c1-9-6-12(4-2-10(9)8-17)20-14-7-11(16)3-5-13(14)15(18)19/h2-7H,1H3,(H,18,19). The van der Waals surface area contributed by atoms with Crippen molar-refractivity contribution in [3.63, 3.8) is 0 Å².